The Labute approximate surface area is 361 Å². The molecule has 0 aliphatic carbocycles. The zero-order valence-corrected chi connectivity index (χ0v) is 38.4. The molecule has 2 amide bonds. The van der Waals surface area contributed by atoms with Gasteiger partial charge in [0.25, 0.3) is 5.91 Å². The molecule has 0 spiro atoms. The highest BCUT2D eigenvalue weighted by molar-refractivity contribution is 6.11. The van der Waals surface area contributed by atoms with Gasteiger partial charge in [-0.2, -0.15) is 0 Å². The van der Waals surface area contributed by atoms with Crippen molar-refractivity contribution in [2.45, 2.75) is 106 Å². The third-order valence-electron chi connectivity index (χ3n) is 9.95. The fourth-order valence-electron chi connectivity index (χ4n) is 7.23. The number of fused-ring (bicyclic) bond motifs is 2. The maximum absolute atomic E-state index is 14.1. The van der Waals surface area contributed by atoms with Crippen LogP contribution < -0.4 is 10.2 Å². The first-order valence-corrected chi connectivity index (χ1v) is 21.4. The van der Waals surface area contributed by atoms with Crippen LogP contribution in [-0.4, -0.2) is 110 Å². The van der Waals surface area contributed by atoms with Crippen LogP contribution in [0.1, 0.15) is 102 Å². The van der Waals surface area contributed by atoms with E-state index in [2.05, 4.69) is 26.2 Å². The fourth-order valence-corrected chi connectivity index (χ4v) is 7.23. The number of anilines is 3. The van der Waals surface area contributed by atoms with E-state index in [0.717, 1.165) is 74.7 Å². The lowest BCUT2D eigenvalue weighted by Gasteiger charge is -2.35. The monoisotopic (exact) mass is 854 g/mol. The SMILES string of the molecule is CC.CC.CF.COC(CCCCOCC1CCN(c2ccc(Nc3ccc(-c4cnc5cc(F)ccn45)c4c3C(=O)N(C(=O)OC(C)(C)C)C4)nc2CN(C)C)CC1)OC. The van der Waals surface area contributed by atoms with Gasteiger partial charge in [0, 0.05) is 64.9 Å². The number of nitrogens with one attached hydrogen (secondary N) is 1. The topological polar surface area (TPSA) is 123 Å². The first-order chi connectivity index (χ1) is 29.3. The summed E-state index contributed by atoms with van der Waals surface area (Å²) < 4.78 is 47.5. The van der Waals surface area contributed by atoms with Gasteiger partial charge in [0.1, 0.15) is 22.9 Å². The van der Waals surface area contributed by atoms with Crippen molar-refractivity contribution >= 4 is 34.8 Å². The molecule has 0 radical (unpaired) electrons. The number of aromatic nitrogens is 3. The minimum Gasteiger partial charge on any atom is -0.443 e. The van der Waals surface area contributed by atoms with Gasteiger partial charge in [-0.1, -0.05) is 33.8 Å². The second kappa shape index (κ2) is 24.7. The third kappa shape index (κ3) is 13.6. The molecule has 0 atom stereocenters. The van der Waals surface area contributed by atoms with Crippen LogP contribution in [-0.2, 0) is 32.0 Å². The van der Waals surface area contributed by atoms with Crippen LogP contribution in [0.5, 0.6) is 0 Å². The summed E-state index contributed by atoms with van der Waals surface area (Å²) in [5.41, 5.74) is 4.51. The number of rotatable bonds is 15. The number of imidazole rings is 1. The van der Waals surface area contributed by atoms with E-state index < -0.39 is 23.4 Å². The van der Waals surface area contributed by atoms with E-state index in [4.69, 9.17) is 23.9 Å². The van der Waals surface area contributed by atoms with E-state index in [9.17, 15) is 18.4 Å². The third-order valence-corrected chi connectivity index (χ3v) is 9.95. The van der Waals surface area contributed by atoms with E-state index in [0.29, 0.717) is 59.2 Å². The normalized spacial score (nSPS) is 13.9. The van der Waals surface area contributed by atoms with Crippen LogP contribution in [0, 0.1) is 11.7 Å². The van der Waals surface area contributed by atoms with Gasteiger partial charge in [0.15, 0.2) is 6.29 Å². The molecule has 1 saturated heterocycles. The summed E-state index contributed by atoms with van der Waals surface area (Å²) in [4.78, 5) is 42.5. The number of amides is 2. The lowest BCUT2D eigenvalue weighted by atomic mass is 9.97. The molecule has 61 heavy (non-hydrogen) atoms. The summed E-state index contributed by atoms with van der Waals surface area (Å²) >= 11 is 0. The second-order valence-corrected chi connectivity index (χ2v) is 15.5. The molecular weight excluding hydrogens is 785 g/mol. The lowest BCUT2D eigenvalue weighted by molar-refractivity contribution is -0.107. The number of carbonyl (C=O) groups excluding carboxylic acids is 2. The van der Waals surface area contributed by atoms with Gasteiger partial charge in [0.05, 0.1) is 48.2 Å². The quantitative estimate of drug-likeness (QED) is 0.0908. The Hall–Kier alpha value is -4.70. The molecule has 1 N–H and O–H groups in total. The average Bonchev–Trinajstić information content (AvgIpc) is 3.83. The van der Waals surface area contributed by atoms with Crippen LogP contribution in [0.4, 0.5) is 30.8 Å². The number of hydrogen-bond acceptors (Lipinski definition) is 11. The van der Waals surface area contributed by atoms with Crippen molar-refractivity contribution in [1.82, 2.24) is 24.2 Å². The zero-order chi connectivity index (χ0) is 45.3. The van der Waals surface area contributed by atoms with Crippen LogP contribution in [0.2, 0.25) is 0 Å². The van der Waals surface area contributed by atoms with E-state index in [1.807, 2.05) is 60.0 Å². The summed E-state index contributed by atoms with van der Waals surface area (Å²) in [6, 6.07) is 10.4. The molecule has 1 aromatic carbocycles. The Morgan fingerprint density at radius 1 is 1.00 bits per heavy atom. The predicted molar refractivity (Wildman–Crippen MR) is 239 cm³/mol. The number of benzene rings is 1. The van der Waals surface area contributed by atoms with Gasteiger partial charge in [-0.25, -0.2) is 24.1 Å². The maximum Gasteiger partial charge on any atom is 0.417 e. The van der Waals surface area contributed by atoms with Crippen LogP contribution in [0.3, 0.4) is 0 Å². The molecule has 5 heterocycles. The van der Waals surface area contributed by atoms with Gasteiger partial charge in [0.2, 0.25) is 0 Å². The van der Waals surface area contributed by atoms with Crippen LogP contribution in [0.25, 0.3) is 16.9 Å². The molecule has 0 unspecified atom stereocenters. The average molecular weight is 854 g/mol. The molecule has 2 aliphatic rings. The predicted octanol–water partition coefficient (Wildman–Crippen LogP) is 9.89. The van der Waals surface area contributed by atoms with Crippen molar-refractivity contribution in [3.8, 4) is 11.3 Å². The highest BCUT2D eigenvalue weighted by Crippen LogP contribution is 2.39. The molecule has 6 rings (SSSR count). The van der Waals surface area contributed by atoms with Gasteiger partial charge in [-0.3, -0.25) is 13.6 Å². The number of methoxy groups -OCH3 is 2. The molecule has 2 aliphatic heterocycles. The highest BCUT2D eigenvalue weighted by atomic mass is 19.1. The number of piperidine rings is 1. The van der Waals surface area contributed by atoms with Crippen LogP contribution >= 0.6 is 0 Å². The molecule has 1 fully saturated rings. The highest BCUT2D eigenvalue weighted by Gasteiger charge is 2.39. The number of unbranched alkanes of at least 4 members (excludes halogenated alkanes) is 1. The molecule has 0 saturated carbocycles. The lowest BCUT2D eigenvalue weighted by Crippen LogP contribution is -2.37. The molecule has 338 valence electrons. The van der Waals surface area contributed by atoms with Crippen molar-refractivity contribution in [1.29, 1.82) is 0 Å². The maximum atomic E-state index is 14.1. The van der Waals surface area contributed by atoms with Gasteiger partial charge < -0.3 is 34.1 Å². The first kappa shape index (κ1) is 50.7. The number of alkyl halides is 1. The Morgan fingerprint density at radius 2 is 1.69 bits per heavy atom. The van der Waals surface area contributed by atoms with Crippen molar-refractivity contribution < 1.29 is 37.3 Å². The standard InChI is InChI=1S/C41H54FN7O6.2C2H6.CH3F/c1-41(2,3)55-40(51)49-24-30-29(34-23-43-36-22-28(42)17-20-48(34)36)11-12-31(38(30)39(49)50)44-35-14-13-33(32(45-35)25-46(4)5)47-18-15-27(16-19-47)26-54-21-9-8-10-37(52-6)53-7;3*1-2/h11-14,17,20,22-23,27,37H,8-10,15-16,18-19,21,24-26H2,1-7H3,(H,44,45);2*1-2H3;1H3. The summed E-state index contributed by atoms with van der Waals surface area (Å²) in [6.45, 7) is 17.2. The molecule has 3 aromatic heterocycles. The number of nitrogens with zero attached hydrogens (tertiary/aromatic N) is 6. The van der Waals surface area contributed by atoms with Crippen LogP contribution in [0.15, 0.2) is 48.8 Å². The number of imide groups is 1. The van der Waals surface area contributed by atoms with Crippen molar-refractivity contribution in [3.63, 3.8) is 0 Å². The smallest absolute Gasteiger partial charge is 0.417 e. The summed E-state index contributed by atoms with van der Waals surface area (Å²) in [5, 5.41) is 3.41. The number of ether oxygens (including phenoxy) is 4. The molecule has 15 heteroatoms. The number of halogens is 2. The summed E-state index contributed by atoms with van der Waals surface area (Å²) in [5.74, 6) is 0.216. The molecule has 0 bridgehead atoms. The van der Waals surface area contributed by atoms with E-state index in [1.54, 1.807) is 51.8 Å². The van der Waals surface area contributed by atoms with Crippen molar-refractivity contribution in [2.24, 2.45) is 5.92 Å². The van der Waals surface area contributed by atoms with Gasteiger partial charge in [-0.15, -0.1) is 0 Å². The second-order valence-electron chi connectivity index (χ2n) is 15.5. The van der Waals surface area contributed by atoms with E-state index in [1.165, 1.54) is 12.1 Å². The minimum atomic E-state index is -0.793. The van der Waals surface area contributed by atoms with Gasteiger partial charge >= 0.3 is 6.09 Å². The van der Waals surface area contributed by atoms with Crippen molar-refractivity contribution in [3.05, 3.63) is 71.4 Å². The Kier molecular flexibility index (Phi) is 20.5. The summed E-state index contributed by atoms with van der Waals surface area (Å²) in [7, 11) is 7.86. The zero-order valence-electron chi connectivity index (χ0n) is 38.4. The van der Waals surface area contributed by atoms with E-state index in [-0.39, 0.29) is 12.8 Å². The van der Waals surface area contributed by atoms with Crippen molar-refractivity contribution in [2.75, 3.05) is 72.0 Å². The Balaban J connectivity index is 0.00000158. The first-order valence-electron chi connectivity index (χ1n) is 21.4. The molecule has 13 nitrogen and oxygen atoms in total. The molecular formula is C46H69F2N7O6. The van der Waals surface area contributed by atoms with E-state index >= 15 is 0 Å². The number of hydrogen-bond donors (Lipinski definition) is 1. The Bertz CT molecular complexity index is 1970. The summed E-state index contributed by atoms with van der Waals surface area (Å²) in [6.07, 6.45) is 7.28. The largest absolute Gasteiger partial charge is 0.443 e. The fraction of sp³-hybridized carbons (Fsp3) is 0.565. The Morgan fingerprint density at radius 3 is 2.33 bits per heavy atom. The number of pyridine rings is 2. The number of carbonyl (C=O) groups is 2. The minimum absolute atomic E-state index is 0.00476. The molecule has 4 aromatic rings. The van der Waals surface area contributed by atoms with Gasteiger partial charge in [-0.05, 0) is 103 Å².